The zero-order valence-electron chi connectivity index (χ0n) is 8.94. The third-order valence-corrected chi connectivity index (χ3v) is 3.46. The van der Waals surface area contributed by atoms with Crippen LogP contribution in [0.5, 0.6) is 0 Å². The summed E-state index contributed by atoms with van der Waals surface area (Å²) in [6.45, 7) is 7.41. The fourth-order valence-corrected chi connectivity index (χ4v) is 2.21. The molecule has 0 aromatic carbocycles. The van der Waals surface area contributed by atoms with Crippen LogP contribution in [0.3, 0.4) is 0 Å². The second-order valence-electron chi connectivity index (χ2n) is 3.35. The predicted molar refractivity (Wildman–Crippen MR) is 61.7 cm³/mol. The van der Waals surface area contributed by atoms with Crippen molar-refractivity contribution in [2.24, 2.45) is 0 Å². The molecule has 0 saturated carbocycles. The summed E-state index contributed by atoms with van der Waals surface area (Å²) in [7, 11) is 0. The van der Waals surface area contributed by atoms with Gasteiger partial charge >= 0.3 is 0 Å². The zero-order valence-corrected chi connectivity index (χ0v) is 9.76. The van der Waals surface area contributed by atoms with Crippen LogP contribution in [0.4, 0.5) is 0 Å². The Labute approximate surface area is 90.2 Å². The summed E-state index contributed by atoms with van der Waals surface area (Å²) in [5.41, 5.74) is 0. The molecule has 0 amide bonds. The van der Waals surface area contributed by atoms with E-state index in [0.717, 1.165) is 30.9 Å². The van der Waals surface area contributed by atoms with Gasteiger partial charge in [0.15, 0.2) is 0 Å². The molecular weight excluding hydrogens is 194 g/mol. The van der Waals surface area contributed by atoms with Gasteiger partial charge in [0.25, 0.3) is 0 Å². The topological polar surface area (TPSA) is 23.5 Å². The van der Waals surface area contributed by atoms with Crippen LogP contribution in [0.15, 0.2) is 17.5 Å². The average molecular weight is 213 g/mol. The lowest BCUT2D eigenvalue weighted by molar-refractivity contribution is 0.148. The van der Waals surface area contributed by atoms with Crippen LogP contribution in [0.1, 0.15) is 31.2 Å². The molecule has 0 bridgehead atoms. The smallest absolute Gasteiger partial charge is 0.0894 e. The molecule has 0 aliphatic heterocycles. The number of nitrogens with zero attached hydrogens (tertiary/aromatic N) is 1. The molecule has 0 aliphatic rings. The Balaban J connectivity index is 2.31. The molecule has 0 saturated heterocycles. The van der Waals surface area contributed by atoms with Gasteiger partial charge in [0.05, 0.1) is 6.10 Å². The molecule has 2 nitrogen and oxygen atoms in total. The first-order chi connectivity index (χ1) is 6.77. The molecule has 1 heterocycles. The molecule has 1 aromatic rings. The number of hydrogen-bond donors (Lipinski definition) is 1. The minimum Gasteiger partial charge on any atom is -0.388 e. The highest BCUT2D eigenvalue weighted by Crippen LogP contribution is 2.21. The third kappa shape index (κ3) is 3.40. The van der Waals surface area contributed by atoms with Gasteiger partial charge in [-0.1, -0.05) is 19.9 Å². The Morgan fingerprint density at radius 2 is 2.14 bits per heavy atom. The summed E-state index contributed by atoms with van der Waals surface area (Å²) < 4.78 is 0. The van der Waals surface area contributed by atoms with Crippen LogP contribution in [-0.2, 0) is 0 Å². The van der Waals surface area contributed by atoms with E-state index >= 15 is 0 Å². The fraction of sp³-hybridized carbons (Fsp3) is 0.636. The molecule has 14 heavy (non-hydrogen) atoms. The molecule has 0 aliphatic carbocycles. The maximum Gasteiger partial charge on any atom is 0.0894 e. The molecule has 1 rings (SSSR count). The quantitative estimate of drug-likeness (QED) is 0.785. The summed E-state index contributed by atoms with van der Waals surface area (Å²) in [6, 6.07) is 3.98. The Morgan fingerprint density at radius 3 is 2.64 bits per heavy atom. The molecular formula is C11H19NOS. The van der Waals surface area contributed by atoms with Gasteiger partial charge in [0.2, 0.25) is 0 Å². The Hall–Kier alpha value is -0.380. The van der Waals surface area contributed by atoms with Gasteiger partial charge in [-0.15, -0.1) is 11.3 Å². The minimum atomic E-state index is -0.282. The van der Waals surface area contributed by atoms with E-state index in [1.54, 1.807) is 11.3 Å². The van der Waals surface area contributed by atoms with Crippen molar-refractivity contribution in [2.75, 3.05) is 19.6 Å². The molecule has 0 spiro atoms. The highest BCUT2D eigenvalue weighted by Gasteiger charge is 2.09. The standard InChI is InChI=1S/C11H19NOS/c1-3-12(4-2)8-7-10(13)11-6-5-9-14-11/h5-6,9-10,13H,3-4,7-8H2,1-2H3/t10-/m1/s1. The van der Waals surface area contributed by atoms with E-state index in [2.05, 4.69) is 18.7 Å². The van der Waals surface area contributed by atoms with Crippen molar-refractivity contribution >= 4 is 11.3 Å². The minimum absolute atomic E-state index is 0.282. The molecule has 0 unspecified atom stereocenters. The van der Waals surface area contributed by atoms with Crippen molar-refractivity contribution in [1.82, 2.24) is 4.90 Å². The van der Waals surface area contributed by atoms with Crippen molar-refractivity contribution < 1.29 is 5.11 Å². The van der Waals surface area contributed by atoms with E-state index in [4.69, 9.17) is 0 Å². The molecule has 1 aromatic heterocycles. The number of rotatable bonds is 6. The SMILES string of the molecule is CCN(CC)CC[C@@H](O)c1cccs1. The maximum absolute atomic E-state index is 9.83. The van der Waals surface area contributed by atoms with E-state index in [1.807, 2.05) is 17.5 Å². The van der Waals surface area contributed by atoms with Crippen molar-refractivity contribution in [3.05, 3.63) is 22.4 Å². The lowest BCUT2D eigenvalue weighted by Gasteiger charge is -2.19. The van der Waals surface area contributed by atoms with Gasteiger partial charge < -0.3 is 10.0 Å². The molecule has 1 N–H and O–H groups in total. The first-order valence-corrected chi connectivity index (χ1v) is 6.09. The van der Waals surface area contributed by atoms with Gasteiger partial charge in [-0.2, -0.15) is 0 Å². The highest BCUT2D eigenvalue weighted by molar-refractivity contribution is 7.10. The second kappa shape index (κ2) is 6.17. The number of aliphatic hydroxyl groups is 1. The van der Waals surface area contributed by atoms with Crippen LogP contribution >= 0.6 is 11.3 Å². The van der Waals surface area contributed by atoms with E-state index in [0.29, 0.717) is 0 Å². The zero-order chi connectivity index (χ0) is 10.4. The number of aliphatic hydroxyl groups excluding tert-OH is 1. The maximum atomic E-state index is 9.83. The van der Waals surface area contributed by atoms with Gasteiger partial charge in [0.1, 0.15) is 0 Å². The number of thiophene rings is 1. The van der Waals surface area contributed by atoms with Crippen LogP contribution in [0.25, 0.3) is 0 Å². The van der Waals surface area contributed by atoms with Gasteiger partial charge in [0, 0.05) is 11.4 Å². The first-order valence-electron chi connectivity index (χ1n) is 5.21. The second-order valence-corrected chi connectivity index (χ2v) is 4.33. The van der Waals surface area contributed by atoms with E-state index < -0.39 is 0 Å². The molecule has 0 fully saturated rings. The van der Waals surface area contributed by atoms with Gasteiger partial charge in [-0.05, 0) is 31.0 Å². The van der Waals surface area contributed by atoms with E-state index in [-0.39, 0.29) is 6.10 Å². The van der Waals surface area contributed by atoms with Gasteiger partial charge in [-0.25, -0.2) is 0 Å². The summed E-state index contributed by atoms with van der Waals surface area (Å²) in [5.74, 6) is 0. The van der Waals surface area contributed by atoms with Gasteiger partial charge in [-0.3, -0.25) is 0 Å². The predicted octanol–water partition coefficient (Wildman–Crippen LogP) is 2.51. The van der Waals surface area contributed by atoms with Crippen LogP contribution < -0.4 is 0 Å². The summed E-state index contributed by atoms with van der Waals surface area (Å²) in [5, 5.41) is 11.8. The van der Waals surface area contributed by atoms with E-state index in [9.17, 15) is 5.11 Å². The first kappa shape index (κ1) is 11.7. The molecule has 80 valence electrons. The Morgan fingerprint density at radius 1 is 1.43 bits per heavy atom. The number of hydrogen-bond acceptors (Lipinski definition) is 3. The average Bonchev–Trinajstić information content (AvgIpc) is 2.72. The lowest BCUT2D eigenvalue weighted by Crippen LogP contribution is -2.25. The van der Waals surface area contributed by atoms with Crippen molar-refractivity contribution in [2.45, 2.75) is 26.4 Å². The van der Waals surface area contributed by atoms with Crippen LogP contribution in [0.2, 0.25) is 0 Å². The molecule has 0 radical (unpaired) electrons. The highest BCUT2D eigenvalue weighted by atomic mass is 32.1. The van der Waals surface area contributed by atoms with Crippen molar-refractivity contribution in [3.8, 4) is 0 Å². The summed E-state index contributed by atoms with van der Waals surface area (Å²) >= 11 is 1.63. The van der Waals surface area contributed by atoms with E-state index in [1.165, 1.54) is 0 Å². The summed E-state index contributed by atoms with van der Waals surface area (Å²) in [4.78, 5) is 3.41. The molecule has 1 atom stereocenters. The lowest BCUT2D eigenvalue weighted by atomic mass is 10.2. The van der Waals surface area contributed by atoms with Crippen LogP contribution in [-0.4, -0.2) is 29.6 Å². The fourth-order valence-electron chi connectivity index (χ4n) is 1.47. The normalized spacial score (nSPS) is 13.4. The summed E-state index contributed by atoms with van der Waals surface area (Å²) in [6.07, 6.45) is 0.554. The largest absolute Gasteiger partial charge is 0.388 e. The van der Waals surface area contributed by atoms with Crippen molar-refractivity contribution in [3.63, 3.8) is 0 Å². The monoisotopic (exact) mass is 213 g/mol. The Kier molecular flexibility index (Phi) is 5.15. The molecule has 3 heteroatoms. The Bertz CT molecular complexity index is 231. The van der Waals surface area contributed by atoms with Crippen LogP contribution in [0, 0.1) is 0 Å². The van der Waals surface area contributed by atoms with Crippen molar-refractivity contribution in [1.29, 1.82) is 0 Å². The third-order valence-electron chi connectivity index (χ3n) is 2.48.